The van der Waals surface area contributed by atoms with Crippen LogP contribution in [0.1, 0.15) is 71.0 Å². The molecule has 0 saturated carbocycles. The molecular weight excluding hydrogens is 955 g/mol. The van der Waals surface area contributed by atoms with E-state index in [2.05, 4.69) is 286 Å². The van der Waals surface area contributed by atoms with Gasteiger partial charge in [0.1, 0.15) is 5.65 Å². The van der Waals surface area contributed by atoms with Crippen molar-refractivity contribution in [3.63, 3.8) is 0 Å². The highest BCUT2D eigenvalue weighted by Crippen LogP contribution is 2.64. The Morgan fingerprint density at radius 1 is 0.506 bits per heavy atom. The van der Waals surface area contributed by atoms with E-state index in [1.165, 1.54) is 116 Å². The molecule has 3 heteroatoms. The third-order valence-corrected chi connectivity index (χ3v) is 17.8. The molecule has 1 atom stereocenters. The molecule has 2 heterocycles. The van der Waals surface area contributed by atoms with E-state index >= 15 is 0 Å². The molecule has 376 valence electrons. The number of allylic oxidation sites excluding steroid dienone is 5. The Morgan fingerprint density at radius 2 is 1.09 bits per heavy atom. The normalized spacial score (nSPS) is 15.5. The summed E-state index contributed by atoms with van der Waals surface area (Å²) in [6.45, 7) is 13.4. The third-order valence-electron chi connectivity index (χ3n) is 17.8. The number of fused-ring (bicyclic) bond motifs is 16. The minimum absolute atomic E-state index is 0.166. The summed E-state index contributed by atoms with van der Waals surface area (Å²) in [6.07, 6.45) is 7.10. The van der Waals surface area contributed by atoms with Crippen LogP contribution in [0.4, 0.5) is 17.1 Å². The van der Waals surface area contributed by atoms with Gasteiger partial charge in [0.25, 0.3) is 0 Å². The van der Waals surface area contributed by atoms with Crippen molar-refractivity contribution in [3.05, 3.63) is 311 Å². The topological polar surface area (TPSA) is 20.5 Å². The molecule has 0 amide bonds. The number of benzene rings is 10. The van der Waals surface area contributed by atoms with E-state index in [1.54, 1.807) is 0 Å². The Balaban J connectivity index is 0.822. The maximum atomic E-state index is 5.42. The molecule has 2 aromatic heterocycles. The van der Waals surface area contributed by atoms with Crippen molar-refractivity contribution in [3.8, 4) is 44.6 Å². The van der Waals surface area contributed by atoms with Gasteiger partial charge in [0.2, 0.25) is 0 Å². The first-order valence-corrected chi connectivity index (χ1v) is 27.7. The largest absolute Gasteiger partial charge is 0.310 e. The zero-order valence-corrected chi connectivity index (χ0v) is 44.9. The maximum absolute atomic E-state index is 5.42. The van der Waals surface area contributed by atoms with Crippen molar-refractivity contribution in [2.45, 2.75) is 44.9 Å². The highest BCUT2D eigenvalue weighted by Gasteiger charge is 2.52. The molecule has 3 aliphatic rings. The second kappa shape index (κ2) is 17.7. The van der Waals surface area contributed by atoms with Gasteiger partial charge in [-0.2, -0.15) is 0 Å². The zero-order chi connectivity index (χ0) is 53.1. The first kappa shape index (κ1) is 46.7. The molecule has 1 unspecified atom stereocenters. The van der Waals surface area contributed by atoms with Crippen LogP contribution in [-0.2, 0) is 17.3 Å². The van der Waals surface area contributed by atoms with Gasteiger partial charge in [-0.15, -0.1) is 0 Å². The standard InChI is InChI=1S/C76H57N3/c1-6-7-29-64-48(2)56-22-12-17-31-66(56)76(64)67-32-18-14-28-63(67)72-68(76)33-20-35-71(72)79(55-44-45-60-59-25-13-16-30-65(59)75(4,5)69(60)47-55)54-42-40-52(41-43-54)51-38-36-50(37-39-51)46-53-21-8-9-23-57(53)73-49(3)78-70-34-19-15-26-61(70)58-24-10-11-27-62(58)74(78)77-73/h6-45,47H,1,46H2,2-5H3/b29-7-. The van der Waals surface area contributed by atoms with E-state index in [-0.39, 0.29) is 5.41 Å². The van der Waals surface area contributed by atoms with E-state index in [9.17, 15) is 0 Å². The molecule has 12 aromatic rings. The summed E-state index contributed by atoms with van der Waals surface area (Å²) < 4.78 is 2.35. The average molecular weight is 1010 g/mol. The van der Waals surface area contributed by atoms with Crippen LogP contribution in [-0.4, -0.2) is 9.38 Å². The van der Waals surface area contributed by atoms with Crippen molar-refractivity contribution in [2.75, 3.05) is 4.90 Å². The van der Waals surface area contributed by atoms with Crippen LogP contribution in [0.3, 0.4) is 0 Å². The highest BCUT2D eigenvalue weighted by atomic mass is 15.1. The van der Waals surface area contributed by atoms with E-state index in [0.29, 0.717) is 0 Å². The molecule has 0 aliphatic heterocycles. The number of hydrogen-bond donors (Lipinski definition) is 0. The number of imidazole rings is 1. The summed E-state index contributed by atoms with van der Waals surface area (Å²) in [5.74, 6) is 0. The Bertz CT molecular complexity index is 4580. The van der Waals surface area contributed by atoms with Gasteiger partial charge in [-0.25, -0.2) is 4.98 Å². The smallest absolute Gasteiger partial charge is 0.146 e. The summed E-state index contributed by atoms with van der Waals surface area (Å²) in [4.78, 5) is 7.94. The van der Waals surface area contributed by atoms with E-state index in [4.69, 9.17) is 4.98 Å². The van der Waals surface area contributed by atoms with Gasteiger partial charge in [0.05, 0.1) is 22.3 Å². The summed E-state index contributed by atoms with van der Waals surface area (Å²) in [7, 11) is 0. The van der Waals surface area contributed by atoms with Gasteiger partial charge < -0.3 is 4.90 Å². The van der Waals surface area contributed by atoms with Crippen LogP contribution in [0.15, 0.2) is 261 Å². The van der Waals surface area contributed by atoms with E-state index in [0.717, 1.165) is 40.5 Å². The lowest BCUT2D eigenvalue weighted by atomic mass is 9.69. The van der Waals surface area contributed by atoms with Crippen LogP contribution in [0, 0.1) is 6.92 Å². The van der Waals surface area contributed by atoms with Crippen LogP contribution in [0.5, 0.6) is 0 Å². The van der Waals surface area contributed by atoms with Crippen LogP contribution in [0.2, 0.25) is 0 Å². The predicted molar refractivity (Wildman–Crippen MR) is 331 cm³/mol. The predicted octanol–water partition coefficient (Wildman–Crippen LogP) is 19.5. The number of aryl methyl sites for hydroxylation is 1. The molecule has 10 aromatic carbocycles. The van der Waals surface area contributed by atoms with Crippen LogP contribution < -0.4 is 4.90 Å². The lowest BCUT2D eigenvalue weighted by Gasteiger charge is -2.33. The fourth-order valence-corrected chi connectivity index (χ4v) is 14.2. The monoisotopic (exact) mass is 1010 g/mol. The van der Waals surface area contributed by atoms with Gasteiger partial charge in [-0.1, -0.05) is 233 Å². The minimum Gasteiger partial charge on any atom is -0.310 e. The van der Waals surface area contributed by atoms with Crippen molar-refractivity contribution in [1.29, 1.82) is 0 Å². The molecule has 0 N–H and O–H groups in total. The summed E-state index contributed by atoms with van der Waals surface area (Å²) >= 11 is 0. The Labute approximate surface area is 462 Å². The molecule has 3 nitrogen and oxygen atoms in total. The Morgan fingerprint density at radius 3 is 1.85 bits per heavy atom. The Kier molecular flexibility index (Phi) is 10.5. The molecule has 0 saturated heterocycles. The SMILES string of the molecule is C=C/C=C\C1=C(C)c2ccccc2C12c1ccccc1-c1c(N(c3ccc(-c4ccc(Cc5ccccc5-c5nc6c7ccccc7c7ccccc7n6c5C)cc4)cc3)c3ccc4c(c3)C(C)(C)c3ccccc3-4)cccc12. The molecule has 0 bridgehead atoms. The highest BCUT2D eigenvalue weighted by molar-refractivity contribution is 6.12. The second-order valence-corrected chi connectivity index (χ2v) is 22.3. The quantitative estimate of drug-likeness (QED) is 0.106. The van der Waals surface area contributed by atoms with Crippen molar-refractivity contribution in [1.82, 2.24) is 9.38 Å². The number of para-hydroxylation sites is 1. The summed E-state index contributed by atoms with van der Waals surface area (Å²) in [5.41, 5.74) is 28.8. The van der Waals surface area contributed by atoms with Crippen LogP contribution in [0.25, 0.3) is 77.5 Å². The molecule has 0 radical (unpaired) electrons. The fraction of sp³-hybridized carbons (Fsp3) is 0.0921. The minimum atomic E-state index is -0.495. The van der Waals surface area contributed by atoms with Gasteiger partial charge in [0, 0.05) is 44.4 Å². The molecular formula is C76H57N3. The van der Waals surface area contributed by atoms with Crippen molar-refractivity contribution >= 4 is 50.0 Å². The van der Waals surface area contributed by atoms with Gasteiger partial charge in [-0.3, -0.25) is 4.40 Å². The third kappa shape index (κ3) is 6.76. The van der Waals surface area contributed by atoms with Crippen molar-refractivity contribution < 1.29 is 0 Å². The van der Waals surface area contributed by atoms with Gasteiger partial charge in [0.15, 0.2) is 0 Å². The number of pyridine rings is 1. The molecule has 79 heavy (non-hydrogen) atoms. The fourth-order valence-electron chi connectivity index (χ4n) is 14.2. The number of anilines is 3. The van der Waals surface area contributed by atoms with Gasteiger partial charge in [-0.05, 0) is 146 Å². The lowest BCUT2D eigenvalue weighted by molar-refractivity contribution is 0.660. The van der Waals surface area contributed by atoms with E-state index < -0.39 is 5.41 Å². The number of rotatable bonds is 9. The molecule has 15 rings (SSSR count). The van der Waals surface area contributed by atoms with E-state index in [1.807, 2.05) is 6.08 Å². The number of nitrogens with zero attached hydrogens (tertiary/aromatic N) is 3. The molecule has 0 fully saturated rings. The average Bonchev–Trinajstić information content (AvgIpc) is 2.71. The Hall–Kier alpha value is -9.57. The summed E-state index contributed by atoms with van der Waals surface area (Å²) in [6, 6.07) is 85.8. The zero-order valence-electron chi connectivity index (χ0n) is 44.9. The van der Waals surface area contributed by atoms with Gasteiger partial charge >= 0.3 is 0 Å². The maximum Gasteiger partial charge on any atom is 0.146 e. The molecule has 3 aliphatic carbocycles. The van der Waals surface area contributed by atoms with Crippen molar-refractivity contribution in [2.24, 2.45) is 0 Å². The second-order valence-electron chi connectivity index (χ2n) is 22.3. The number of hydrogen-bond acceptors (Lipinski definition) is 2. The first-order chi connectivity index (χ1) is 38.7. The number of aromatic nitrogens is 2. The first-order valence-electron chi connectivity index (χ1n) is 27.7. The lowest BCUT2D eigenvalue weighted by Crippen LogP contribution is -2.27. The summed E-state index contributed by atoms with van der Waals surface area (Å²) in [5, 5.41) is 3.63. The molecule has 1 spiro atoms. The van der Waals surface area contributed by atoms with Crippen LogP contribution >= 0.6 is 0 Å².